The van der Waals surface area contributed by atoms with Crippen molar-refractivity contribution in [3.8, 4) is 0 Å². The molecule has 2 unspecified atom stereocenters. The Bertz CT molecular complexity index is 375. The number of nitrogens with zero attached hydrogens (tertiary/aromatic N) is 1. The van der Waals surface area contributed by atoms with Crippen LogP contribution in [0, 0.1) is 5.92 Å². The minimum atomic E-state index is -2.86. The van der Waals surface area contributed by atoms with Crippen LogP contribution in [0.4, 0.5) is 0 Å². The van der Waals surface area contributed by atoms with E-state index >= 15 is 0 Å². The van der Waals surface area contributed by atoms with Crippen molar-refractivity contribution in [3.63, 3.8) is 0 Å². The Morgan fingerprint density at radius 3 is 2.42 bits per heavy atom. The molecule has 1 aliphatic heterocycles. The molecule has 112 valence electrons. The molecule has 0 spiro atoms. The maximum Gasteiger partial charge on any atom is 0.150 e. The van der Waals surface area contributed by atoms with E-state index in [9.17, 15) is 8.42 Å². The maximum absolute atomic E-state index is 11.7. The van der Waals surface area contributed by atoms with E-state index in [-0.39, 0.29) is 5.25 Å². The summed E-state index contributed by atoms with van der Waals surface area (Å²) in [4.78, 5) is 2.53. The minimum absolute atomic E-state index is 0.104. The minimum Gasteiger partial charge on any atom is -0.330 e. The predicted molar refractivity (Wildman–Crippen MR) is 78.9 cm³/mol. The van der Waals surface area contributed by atoms with Gasteiger partial charge in [-0.15, -0.1) is 0 Å². The van der Waals surface area contributed by atoms with Crippen LogP contribution >= 0.6 is 0 Å². The van der Waals surface area contributed by atoms with Crippen LogP contribution < -0.4 is 5.73 Å². The van der Waals surface area contributed by atoms with E-state index < -0.39 is 9.84 Å². The summed E-state index contributed by atoms with van der Waals surface area (Å²) in [6.45, 7) is 3.06. The number of hydrogen-bond donors (Lipinski definition) is 1. The molecule has 2 N–H and O–H groups in total. The molecule has 1 saturated carbocycles. The third-order valence-corrected chi connectivity index (χ3v) is 6.58. The standard InChI is InChI=1S/C14H28N2O2S/c1-19(17,18)14-4-2-3-13(11-14)16-9-6-12(5-8-15)7-10-16/h12-14H,2-11,15H2,1H3. The van der Waals surface area contributed by atoms with Crippen LogP contribution in [0.3, 0.4) is 0 Å². The second kappa shape index (κ2) is 6.55. The molecule has 1 heterocycles. The van der Waals surface area contributed by atoms with Gasteiger partial charge in [0, 0.05) is 12.3 Å². The zero-order valence-corrected chi connectivity index (χ0v) is 12.9. The topological polar surface area (TPSA) is 63.4 Å². The Morgan fingerprint density at radius 2 is 1.84 bits per heavy atom. The smallest absolute Gasteiger partial charge is 0.150 e. The number of nitrogens with two attached hydrogens (primary N) is 1. The van der Waals surface area contributed by atoms with Gasteiger partial charge in [-0.1, -0.05) is 6.42 Å². The van der Waals surface area contributed by atoms with Crippen molar-refractivity contribution in [2.75, 3.05) is 25.9 Å². The summed E-state index contributed by atoms with van der Waals surface area (Å²) in [6.07, 6.45) is 8.95. The zero-order chi connectivity index (χ0) is 13.9. The highest BCUT2D eigenvalue weighted by atomic mass is 32.2. The average Bonchev–Trinajstić information content (AvgIpc) is 2.39. The van der Waals surface area contributed by atoms with Crippen molar-refractivity contribution in [1.29, 1.82) is 0 Å². The highest BCUT2D eigenvalue weighted by Gasteiger charge is 2.33. The predicted octanol–water partition coefficient (Wildman–Crippen LogP) is 1.40. The second-order valence-corrected chi connectivity index (χ2v) is 8.65. The fourth-order valence-corrected chi connectivity index (χ4v) is 4.85. The molecule has 2 rings (SSSR count). The van der Waals surface area contributed by atoms with E-state index in [1.807, 2.05) is 0 Å². The molecule has 2 atom stereocenters. The Hall–Kier alpha value is -0.130. The van der Waals surface area contributed by atoms with E-state index in [1.54, 1.807) is 0 Å². The van der Waals surface area contributed by atoms with Gasteiger partial charge in [0.05, 0.1) is 5.25 Å². The number of hydrogen-bond acceptors (Lipinski definition) is 4. The van der Waals surface area contributed by atoms with E-state index in [1.165, 1.54) is 25.5 Å². The summed E-state index contributed by atoms with van der Waals surface area (Å²) in [7, 11) is -2.86. The van der Waals surface area contributed by atoms with Crippen molar-refractivity contribution in [2.24, 2.45) is 11.7 Å². The molecule has 0 amide bonds. The van der Waals surface area contributed by atoms with Gasteiger partial charge in [-0.3, -0.25) is 0 Å². The number of piperidine rings is 1. The van der Waals surface area contributed by atoms with Gasteiger partial charge in [0.1, 0.15) is 9.84 Å². The first kappa shape index (κ1) is 15.3. The van der Waals surface area contributed by atoms with Gasteiger partial charge in [-0.25, -0.2) is 8.42 Å². The SMILES string of the molecule is CS(=O)(=O)C1CCCC(N2CCC(CCN)CC2)C1. The molecule has 4 nitrogen and oxygen atoms in total. The molecular formula is C14H28N2O2S. The number of sulfone groups is 1. The third-order valence-electron chi connectivity index (χ3n) is 4.94. The van der Waals surface area contributed by atoms with Crippen LogP contribution in [0.5, 0.6) is 0 Å². The maximum atomic E-state index is 11.7. The summed E-state index contributed by atoms with van der Waals surface area (Å²) in [6, 6.07) is 0.493. The van der Waals surface area contributed by atoms with Crippen molar-refractivity contribution in [2.45, 2.75) is 56.2 Å². The molecule has 19 heavy (non-hydrogen) atoms. The van der Waals surface area contributed by atoms with Crippen molar-refractivity contribution in [3.05, 3.63) is 0 Å². The van der Waals surface area contributed by atoms with E-state index in [0.29, 0.717) is 6.04 Å². The Kier molecular flexibility index (Phi) is 5.26. The first-order valence-electron chi connectivity index (χ1n) is 7.63. The molecule has 0 aromatic heterocycles. The zero-order valence-electron chi connectivity index (χ0n) is 12.1. The van der Waals surface area contributed by atoms with Gasteiger partial charge in [-0.2, -0.15) is 0 Å². The Morgan fingerprint density at radius 1 is 1.16 bits per heavy atom. The molecular weight excluding hydrogens is 260 g/mol. The van der Waals surface area contributed by atoms with Crippen molar-refractivity contribution >= 4 is 9.84 Å². The van der Waals surface area contributed by atoms with Crippen molar-refractivity contribution < 1.29 is 8.42 Å². The average molecular weight is 288 g/mol. The Labute approximate surface area is 117 Å². The molecule has 5 heteroatoms. The van der Waals surface area contributed by atoms with Crippen LogP contribution in [0.2, 0.25) is 0 Å². The van der Waals surface area contributed by atoms with Gasteiger partial charge in [0.2, 0.25) is 0 Å². The summed E-state index contributed by atoms with van der Waals surface area (Å²) >= 11 is 0. The summed E-state index contributed by atoms with van der Waals surface area (Å²) in [5.74, 6) is 0.788. The van der Waals surface area contributed by atoms with Gasteiger partial charge >= 0.3 is 0 Å². The van der Waals surface area contributed by atoms with Crippen molar-refractivity contribution in [1.82, 2.24) is 4.90 Å². The lowest BCUT2D eigenvalue weighted by Gasteiger charge is -2.41. The molecule has 1 saturated heterocycles. The van der Waals surface area contributed by atoms with E-state index in [0.717, 1.165) is 51.2 Å². The summed E-state index contributed by atoms with van der Waals surface area (Å²) < 4.78 is 23.4. The fourth-order valence-electron chi connectivity index (χ4n) is 3.68. The molecule has 2 fully saturated rings. The van der Waals surface area contributed by atoms with Crippen LogP contribution in [0.1, 0.15) is 44.9 Å². The lowest BCUT2D eigenvalue weighted by Crippen LogP contribution is -2.45. The van der Waals surface area contributed by atoms with Crippen LogP contribution in [0.25, 0.3) is 0 Å². The fraction of sp³-hybridized carbons (Fsp3) is 1.00. The van der Waals surface area contributed by atoms with E-state index in [2.05, 4.69) is 4.90 Å². The van der Waals surface area contributed by atoms with Crippen LogP contribution in [-0.2, 0) is 9.84 Å². The highest BCUT2D eigenvalue weighted by molar-refractivity contribution is 7.91. The van der Waals surface area contributed by atoms with Gasteiger partial charge in [-0.05, 0) is 64.1 Å². The first-order valence-corrected chi connectivity index (χ1v) is 9.59. The number of rotatable bonds is 4. The normalized spacial score (nSPS) is 31.5. The largest absolute Gasteiger partial charge is 0.330 e. The monoisotopic (exact) mass is 288 g/mol. The lowest BCUT2D eigenvalue weighted by atomic mass is 9.89. The molecule has 0 aromatic carbocycles. The second-order valence-electron chi connectivity index (χ2n) is 6.33. The molecule has 0 bridgehead atoms. The summed E-state index contributed by atoms with van der Waals surface area (Å²) in [5, 5.41) is -0.104. The Balaban J connectivity index is 1.86. The molecule has 2 aliphatic rings. The molecule has 0 radical (unpaired) electrons. The quantitative estimate of drug-likeness (QED) is 0.849. The summed E-state index contributed by atoms with van der Waals surface area (Å²) in [5.41, 5.74) is 5.62. The van der Waals surface area contributed by atoms with Gasteiger partial charge < -0.3 is 10.6 Å². The van der Waals surface area contributed by atoms with Crippen LogP contribution in [0.15, 0.2) is 0 Å². The van der Waals surface area contributed by atoms with Gasteiger partial charge in [0.25, 0.3) is 0 Å². The van der Waals surface area contributed by atoms with Crippen LogP contribution in [-0.4, -0.2) is 50.5 Å². The molecule has 0 aromatic rings. The number of likely N-dealkylation sites (tertiary alicyclic amines) is 1. The first-order chi connectivity index (χ1) is 9.00. The third kappa shape index (κ3) is 4.17. The molecule has 1 aliphatic carbocycles. The highest BCUT2D eigenvalue weighted by Crippen LogP contribution is 2.30. The van der Waals surface area contributed by atoms with E-state index in [4.69, 9.17) is 5.73 Å². The van der Waals surface area contributed by atoms with Gasteiger partial charge in [0.15, 0.2) is 0 Å². The lowest BCUT2D eigenvalue weighted by molar-refractivity contribution is 0.106.